The van der Waals surface area contributed by atoms with Gasteiger partial charge in [-0.1, -0.05) is 18.2 Å². The number of hydrogen-bond donors (Lipinski definition) is 0. The van der Waals surface area contributed by atoms with Crippen LogP contribution in [0.2, 0.25) is 0 Å². The van der Waals surface area contributed by atoms with E-state index in [-0.39, 0.29) is 0 Å². The number of aromatic nitrogens is 1. The molecular formula is C19H21NO. The monoisotopic (exact) mass is 279 g/mol. The number of hydrogen-bond acceptors (Lipinski definition) is 1. The van der Waals surface area contributed by atoms with Crippen LogP contribution in [0.1, 0.15) is 23.6 Å². The van der Waals surface area contributed by atoms with E-state index in [4.69, 9.17) is 4.74 Å². The summed E-state index contributed by atoms with van der Waals surface area (Å²) in [7, 11) is 0. The summed E-state index contributed by atoms with van der Waals surface area (Å²) < 4.78 is 7.85. The number of aryl methyl sites for hydroxylation is 2. The lowest BCUT2D eigenvalue weighted by Gasteiger charge is -2.09. The summed E-state index contributed by atoms with van der Waals surface area (Å²) in [6.07, 6.45) is 2.15. The number of ether oxygens (including phenoxy) is 1. The molecule has 1 heterocycles. The Hall–Kier alpha value is -2.22. The summed E-state index contributed by atoms with van der Waals surface area (Å²) in [6, 6.07) is 15.1. The number of benzene rings is 2. The lowest BCUT2D eigenvalue weighted by Crippen LogP contribution is -1.99. The smallest absolute Gasteiger partial charge is 0.120 e. The first-order chi connectivity index (χ1) is 10.2. The van der Waals surface area contributed by atoms with Gasteiger partial charge in [-0.3, -0.25) is 0 Å². The van der Waals surface area contributed by atoms with Crippen molar-refractivity contribution in [2.75, 3.05) is 6.61 Å². The molecule has 108 valence electrons. The maximum absolute atomic E-state index is 5.56. The van der Waals surface area contributed by atoms with Gasteiger partial charge < -0.3 is 9.30 Å². The van der Waals surface area contributed by atoms with Crippen LogP contribution in [0.4, 0.5) is 0 Å². The van der Waals surface area contributed by atoms with Crippen LogP contribution >= 0.6 is 0 Å². The molecule has 3 aromatic rings. The molecule has 3 rings (SSSR count). The summed E-state index contributed by atoms with van der Waals surface area (Å²) in [6.45, 7) is 7.93. The van der Waals surface area contributed by atoms with E-state index in [0.717, 1.165) is 12.3 Å². The second-order valence-corrected chi connectivity index (χ2v) is 5.52. The average molecular weight is 279 g/mol. The minimum absolute atomic E-state index is 0.703. The Labute approximate surface area is 126 Å². The molecule has 0 atom stereocenters. The van der Waals surface area contributed by atoms with E-state index in [0.29, 0.717) is 6.61 Å². The van der Waals surface area contributed by atoms with Crippen molar-refractivity contribution in [3.05, 3.63) is 65.4 Å². The Morgan fingerprint density at radius 3 is 2.57 bits per heavy atom. The third-order valence-electron chi connectivity index (χ3n) is 3.98. The third kappa shape index (κ3) is 2.80. The van der Waals surface area contributed by atoms with Gasteiger partial charge in [0.15, 0.2) is 0 Å². The van der Waals surface area contributed by atoms with Gasteiger partial charge in [0, 0.05) is 23.6 Å². The highest BCUT2D eigenvalue weighted by molar-refractivity contribution is 5.81. The van der Waals surface area contributed by atoms with Gasteiger partial charge in [-0.05, 0) is 61.7 Å². The van der Waals surface area contributed by atoms with Crippen molar-refractivity contribution in [1.29, 1.82) is 0 Å². The molecule has 0 aliphatic carbocycles. The van der Waals surface area contributed by atoms with Gasteiger partial charge in [-0.15, -0.1) is 0 Å². The molecule has 21 heavy (non-hydrogen) atoms. The van der Waals surface area contributed by atoms with Gasteiger partial charge in [-0.2, -0.15) is 0 Å². The predicted molar refractivity (Wildman–Crippen MR) is 88.1 cm³/mol. The van der Waals surface area contributed by atoms with Crippen molar-refractivity contribution in [3.8, 4) is 5.75 Å². The highest BCUT2D eigenvalue weighted by atomic mass is 16.5. The molecule has 0 radical (unpaired) electrons. The van der Waals surface area contributed by atoms with Crippen LogP contribution in [0.3, 0.4) is 0 Å². The summed E-state index contributed by atoms with van der Waals surface area (Å²) in [5.41, 5.74) is 5.28. The van der Waals surface area contributed by atoms with Crippen molar-refractivity contribution in [2.45, 2.75) is 27.3 Å². The quantitative estimate of drug-likeness (QED) is 0.675. The Bertz CT molecular complexity index is 770. The fourth-order valence-corrected chi connectivity index (χ4v) is 2.67. The molecule has 2 nitrogen and oxygen atoms in total. The van der Waals surface area contributed by atoms with Crippen molar-refractivity contribution < 1.29 is 4.74 Å². The van der Waals surface area contributed by atoms with Crippen LogP contribution in [-0.4, -0.2) is 11.2 Å². The number of fused-ring (bicyclic) bond motifs is 1. The molecule has 0 fully saturated rings. The first-order valence-corrected chi connectivity index (χ1v) is 7.45. The SMILES string of the molecule is CCOc1ccc2c(ccn2Cc2ccc(C)c(C)c2)c1. The predicted octanol–water partition coefficient (Wildman–Crippen LogP) is 4.71. The number of rotatable bonds is 4. The maximum Gasteiger partial charge on any atom is 0.120 e. The van der Waals surface area contributed by atoms with E-state index >= 15 is 0 Å². The summed E-state index contributed by atoms with van der Waals surface area (Å²) in [4.78, 5) is 0. The molecule has 0 unspecified atom stereocenters. The molecule has 2 heteroatoms. The minimum atomic E-state index is 0.703. The molecule has 0 spiro atoms. The third-order valence-corrected chi connectivity index (χ3v) is 3.98. The van der Waals surface area contributed by atoms with Crippen LogP contribution in [0.25, 0.3) is 10.9 Å². The van der Waals surface area contributed by atoms with Crippen LogP contribution in [0, 0.1) is 13.8 Å². The molecule has 0 saturated heterocycles. The number of nitrogens with zero attached hydrogens (tertiary/aromatic N) is 1. The molecule has 0 amide bonds. The molecule has 0 aliphatic rings. The van der Waals surface area contributed by atoms with Gasteiger partial charge >= 0.3 is 0 Å². The van der Waals surface area contributed by atoms with Crippen LogP contribution in [0.15, 0.2) is 48.7 Å². The van der Waals surface area contributed by atoms with Gasteiger partial charge in [0.1, 0.15) is 5.75 Å². The summed E-state index contributed by atoms with van der Waals surface area (Å²) in [5.74, 6) is 0.939. The maximum atomic E-state index is 5.56. The van der Waals surface area contributed by atoms with Gasteiger partial charge in [0.05, 0.1) is 6.61 Å². The average Bonchev–Trinajstić information content (AvgIpc) is 2.86. The molecule has 2 aromatic carbocycles. The Morgan fingerprint density at radius 1 is 0.952 bits per heavy atom. The molecule has 0 N–H and O–H groups in total. The van der Waals surface area contributed by atoms with E-state index in [1.54, 1.807) is 0 Å². The molecule has 0 bridgehead atoms. The standard InChI is InChI=1S/C19H21NO/c1-4-21-18-7-8-19-17(12-18)9-10-20(19)13-16-6-5-14(2)15(3)11-16/h5-12H,4,13H2,1-3H3. The Balaban J connectivity index is 1.91. The van der Waals surface area contributed by atoms with Crippen LogP contribution < -0.4 is 4.74 Å². The lowest BCUT2D eigenvalue weighted by atomic mass is 10.1. The zero-order valence-corrected chi connectivity index (χ0v) is 12.9. The van der Waals surface area contributed by atoms with E-state index in [2.05, 4.69) is 61.0 Å². The zero-order chi connectivity index (χ0) is 14.8. The van der Waals surface area contributed by atoms with Crippen molar-refractivity contribution in [1.82, 2.24) is 4.57 Å². The second-order valence-electron chi connectivity index (χ2n) is 5.52. The van der Waals surface area contributed by atoms with E-state index in [1.165, 1.54) is 27.6 Å². The first-order valence-electron chi connectivity index (χ1n) is 7.45. The molecule has 0 aliphatic heterocycles. The van der Waals surface area contributed by atoms with Crippen molar-refractivity contribution >= 4 is 10.9 Å². The zero-order valence-electron chi connectivity index (χ0n) is 12.9. The highest BCUT2D eigenvalue weighted by Crippen LogP contribution is 2.23. The Kier molecular flexibility index (Phi) is 3.70. The largest absolute Gasteiger partial charge is 0.494 e. The van der Waals surface area contributed by atoms with Crippen molar-refractivity contribution in [3.63, 3.8) is 0 Å². The van der Waals surface area contributed by atoms with Gasteiger partial charge in [0.25, 0.3) is 0 Å². The fourth-order valence-electron chi connectivity index (χ4n) is 2.67. The molecular weight excluding hydrogens is 258 g/mol. The van der Waals surface area contributed by atoms with Crippen LogP contribution in [-0.2, 0) is 6.54 Å². The van der Waals surface area contributed by atoms with E-state index < -0.39 is 0 Å². The highest BCUT2D eigenvalue weighted by Gasteiger charge is 2.04. The summed E-state index contributed by atoms with van der Waals surface area (Å²) >= 11 is 0. The topological polar surface area (TPSA) is 14.2 Å². The van der Waals surface area contributed by atoms with Crippen LogP contribution in [0.5, 0.6) is 5.75 Å². The fraction of sp³-hybridized carbons (Fsp3) is 0.263. The Morgan fingerprint density at radius 2 is 1.81 bits per heavy atom. The molecule has 0 saturated carbocycles. The first kappa shape index (κ1) is 13.7. The molecule has 1 aromatic heterocycles. The van der Waals surface area contributed by atoms with Crippen molar-refractivity contribution in [2.24, 2.45) is 0 Å². The van der Waals surface area contributed by atoms with Gasteiger partial charge in [-0.25, -0.2) is 0 Å². The normalized spacial score (nSPS) is 11.0. The minimum Gasteiger partial charge on any atom is -0.494 e. The van der Waals surface area contributed by atoms with E-state index in [9.17, 15) is 0 Å². The summed E-state index contributed by atoms with van der Waals surface area (Å²) in [5, 5.41) is 1.23. The van der Waals surface area contributed by atoms with Gasteiger partial charge in [0.2, 0.25) is 0 Å². The van der Waals surface area contributed by atoms with E-state index in [1.807, 2.05) is 13.0 Å². The second kappa shape index (κ2) is 5.65. The lowest BCUT2D eigenvalue weighted by molar-refractivity contribution is 0.340.